The van der Waals surface area contributed by atoms with Gasteiger partial charge in [-0.3, -0.25) is 0 Å². The molecule has 0 heterocycles. The van der Waals surface area contributed by atoms with Crippen molar-refractivity contribution in [1.29, 1.82) is 0 Å². The average Bonchev–Trinajstić information content (AvgIpc) is 1.84. The standard InChI is InChI=1S/C7H16FN/c1-4-6(9)7(8)5(2)3/h5-7H,4,9H2,1-3H3. The fraction of sp³-hybridized carbons (Fsp3) is 1.00. The van der Waals surface area contributed by atoms with Gasteiger partial charge in [-0.05, 0) is 12.3 Å². The fourth-order valence-corrected chi connectivity index (χ4v) is 0.720. The Kier molecular flexibility index (Phi) is 3.78. The zero-order valence-corrected chi connectivity index (χ0v) is 6.39. The van der Waals surface area contributed by atoms with Crippen molar-refractivity contribution in [2.45, 2.75) is 39.4 Å². The van der Waals surface area contributed by atoms with Gasteiger partial charge in [0.2, 0.25) is 0 Å². The van der Waals surface area contributed by atoms with Crippen LogP contribution in [0.5, 0.6) is 0 Å². The summed E-state index contributed by atoms with van der Waals surface area (Å²) in [6.07, 6.45) is -0.116. The van der Waals surface area contributed by atoms with Crippen molar-refractivity contribution in [3.05, 3.63) is 0 Å². The Morgan fingerprint density at radius 1 is 1.44 bits per heavy atom. The van der Waals surface area contributed by atoms with Gasteiger partial charge in [0.05, 0.1) is 0 Å². The molecule has 0 bridgehead atoms. The molecule has 0 amide bonds. The number of hydrogen-bond donors (Lipinski definition) is 1. The first-order chi connectivity index (χ1) is 4.09. The Morgan fingerprint density at radius 2 is 1.89 bits per heavy atom. The van der Waals surface area contributed by atoms with E-state index >= 15 is 0 Å². The third kappa shape index (κ3) is 2.80. The Bertz CT molecular complexity index is 73.3. The van der Waals surface area contributed by atoms with Crippen molar-refractivity contribution < 1.29 is 4.39 Å². The molecule has 0 aliphatic rings. The molecule has 2 heteroatoms. The molecule has 56 valence electrons. The van der Waals surface area contributed by atoms with Gasteiger partial charge >= 0.3 is 0 Å². The highest BCUT2D eigenvalue weighted by Gasteiger charge is 2.17. The lowest BCUT2D eigenvalue weighted by molar-refractivity contribution is 0.210. The summed E-state index contributed by atoms with van der Waals surface area (Å²) in [6, 6.07) is -0.273. The van der Waals surface area contributed by atoms with E-state index in [1.807, 2.05) is 20.8 Å². The lowest BCUT2D eigenvalue weighted by atomic mass is 10.0. The lowest BCUT2D eigenvalue weighted by Gasteiger charge is -2.17. The maximum absolute atomic E-state index is 12.8. The van der Waals surface area contributed by atoms with Crippen LogP contribution in [-0.2, 0) is 0 Å². The number of alkyl halides is 1. The molecule has 0 aromatic rings. The monoisotopic (exact) mass is 133 g/mol. The summed E-state index contributed by atoms with van der Waals surface area (Å²) in [5.41, 5.74) is 5.44. The normalized spacial score (nSPS) is 18.0. The Hall–Kier alpha value is -0.110. The summed E-state index contributed by atoms with van der Waals surface area (Å²) in [6.45, 7) is 5.60. The third-order valence-electron chi connectivity index (χ3n) is 1.52. The minimum absolute atomic E-state index is 0.0555. The quantitative estimate of drug-likeness (QED) is 0.623. The van der Waals surface area contributed by atoms with Gasteiger partial charge in [0, 0.05) is 6.04 Å². The van der Waals surface area contributed by atoms with Crippen LogP contribution in [0.3, 0.4) is 0 Å². The second-order valence-electron chi connectivity index (χ2n) is 2.76. The van der Waals surface area contributed by atoms with Crippen molar-refractivity contribution >= 4 is 0 Å². The molecule has 0 aliphatic heterocycles. The van der Waals surface area contributed by atoms with E-state index in [1.165, 1.54) is 0 Å². The van der Waals surface area contributed by atoms with Crippen LogP contribution in [-0.4, -0.2) is 12.2 Å². The van der Waals surface area contributed by atoms with Crippen molar-refractivity contribution in [3.63, 3.8) is 0 Å². The summed E-state index contributed by atoms with van der Waals surface area (Å²) in [7, 11) is 0. The van der Waals surface area contributed by atoms with Gasteiger partial charge in [0.1, 0.15) is 6.17 Å². The van der Waals surface area contributed by atoms with E-state index in [2.05, 4.69) is 0 Å². The predicted octanol–water partition coefficient (Wildman–Crippen LogP) is 1.72. The molecule has 0 aromatic carbocycles. The summed E-state index contributed by atoms with van der Waals surface area (Å²) in [5, 5.41) is 0. The molecule has 9 heavy (non-hydrogen) atoms. The van der Waals surface area contributed by atoms with E-state index in [0.717, 1.165) is 6.42 Å². The van der Waals surface area contributed by atoms with Crippen molar-refractivity contribution in [2.75, 3.05) is 0 Å². The van der Waals surface area contributed by atoms with E-state index in [0.29, 0.717) is 0 Å². The average molecular weight is 133 g/mol. The second kappa shape index (κ2) is 3.83. The molecule has 0 fully saturated rings. The van der Waals surface area contributed by atoms with Crippen LogP contribution in [0.2, 0.25) is 0 Å². The van der Waals surface area contributed by atoms with E-state index in [9.17, 15) is 4.39 Å². The highest BCUT2D eigenvalue weighted by atomic mass is 19.1. The molecule has 2 unspecified atom stereocenters. The zero-order chi connectivity index (χ0) is 7.44. The van der Waals surface area contributed by atoms with E-state index < -0.39 is 6.17 Å². The molecular weight excluding hydrogens is 117 g/mol. The van der Waals surface area contributed by atoms with Gasteiger partial charge in [-0.1, -0.05) is 20.8 Å². The molecule has 2 N–H and O–H groups in total. The van der Waals surface area contributed by atoms with Gasteiger partial charge in [-0.15, -0.1) is 0 Å². The Labute approximate surface area is 56.4 Å². The summed E-state index contributed by atoms with van der Waals surface area (Å²) < 4.78 is 12.8. The SMILES string of the molecule is CCC(N)C(F)C(C)C. The number of nitrogens with two attached hydrogens (primary N) is 1. The second-order valence-corrected chi connectivity index (χ2v) is 2.76. The molecule has 0 rings (SSSR count). The van der Waals surface area contributed by atoms with E-state index in [4.69, 9.17) is 5.73 Å². The van der Waals surface area contributed by atoms with Crippen LogP contribution in [0, 0.1) is 5.92 Å². The van der Waals surface area contributed by atoms with Crippen LogP contribution < -0.4 is 5.73 Å². The molecule has 0 saturated heterocycles. The molecule has 2 atom stereocenters. The lowest BCUT2D eigenvalue weighted by Crippen LogP contribution is -2.34. The number of hydrogen-bond acceptors (Lipinski definition) is 1. The number of rotatable bonds is 3. The van der Waals surface area contributed by atoms with Crippen LogP contribution in [0.4, 0.5) is 4.39 Å². The first kappa shape index (κ1) is 8.89. The Morgan fingerprint density at radius 3 is 2.00 bits per heavy atom. The van der Waals surface area contributed by atoms with Crippen molar-refractivity contribution in [3.8, 4) is 0 Å². The highest BCUT2D eigenvalue weighted by molar-refractivity contribution is 4.72. The molecule has 0 radical (unpaired) electrons. The fourth-order valence-electron chi connectivity index (χ4n) is 0.720. The van der Waals surface area contributed by atoms with E-state index in [-0.39, 0.29) is 12.0 Å². The van der Waals surface area contributed by atoms with Crippen LogP contribution in [0.25, 0.3) is 0 Å². The highest BCUT2D eigenvalue weighted by Crippen LogP contribution is 2.10. The van der Waals surface area contributed by atoms with Gasteiger partial charge < -0.3 is 5.73 Å². The zero-order valence-electron chi connectivity index (χ0n) is 6.39. The van der Waals surface area contributed by atoms with E-state index in [1.54, 1.807) is 0 Å². The maximum Gasteiger partial charge on any atom is 0.117 e. The minimum atomic E-state index is -0.838. The molecule has 0 saturated carbocycles. The topological polar surface area (TPSA) is 26.0 Å². The number of halogens is 1. The summed E-state index contributed by atoms with van der Waals surface area (Å²) >= 11 is 0. The largest absolute Gasteiger partial charge is 0.325 e. The van der Waals surface area contributed by atoms with Crippen molar-refractivity contribution in [1.82, 2.24) is 0 Å². The molecule has 0 spiro atoms. The van der Waals surface area contributed by atoms with Gasteiger partial charge in [-0.2, -0.15) is 0 Å². The molecule has 1 nitrogen and oxygen atoms in total. The van der Waals surface area contributed by atoms with Crippen molar-refractivity contribution in [2.24, 2.45) is 11.7 Å². The predicted molar refractivity (Wildman–Crippen MR) is 38.0 cm³/mol. The molecule has 0 aliphatic carbocycles. The first-order valence-electron chi connectivity index (χ1n) is 3.49. The Balaban J connectivity index is 3.58. The summed E-state index contributed by atoms with van der Waals surface area (Å²) in [4.78, 5) is 0. The molecular formula is C7H16FN. The smallest absolute Gasteiger partial charge is 0.117 e. The van der Waals surface area contributed by atoms with Gasteiger partial charge in [0.25, 0.3) is 0 Å². The first-order valence-corrected chi connectivity index (χ1v) is 3.49. The summed E-state index contributed by atoms with van der Waals surface area (Å²) in [5.74, 6) is 0.0555. The van der Waals surface area contributed by atoms with Gasteiger partial charge in [-0.25, -0.2) is 4.39 Å². The van der Waals surface area contributed by atoms with Crippen LogP contribution in [0.15, 0.2) is 0 Å². The van der Waals surface area contributed by atoms with Crippen LogP contribution >= 0.6 is 0 Å². The van der Waals surface area contributed by atoms with Gasteiger partial charge in [0.15, 0.2) is 0 Å². The van der Waals surface area contributed by atoms with Crippen LogP contribution in [0.1, 0.15) is 27.2 Å². The molecule has 0 aromatic heterocycles. The maximum atomic E-state index is 12.8. The minimum Gasteiger partial charge on any atom is -0.325 e. The third-order valence-corrected chi connectivity index (χ3v) is 1.52.